The largest absolute Gasteiger partial charge is 0.492 e. The Labute approximate surface area is 147 Å². The molecule has 0 fully saturated rings. The third-order valence-electron chi connectivity index (χ3n) is 3.68. The fourth-order valence-electron chi connectivity index (χ4n) is 2.68. The first-order chi connectivity index (χ1) is 11.4. The molecule has 130 valence electrons. The molecule has 2 rings (SSSR count). The highest BCUT2D eigenvalue weighted by Gasteiger charge is 2.27. The molecule has 0 unspecified atom stereocenters. The number of hydrogen-bond donors (Lipinski definition) is 0. The average Bonchev–Trinajstić information content (AvgIpc) is 3.01. The quantitative estimate of drug-likeness (QED) is 0.550. The summed E-state index contributed by atoms with van der Waals surface area (Å²) in [6, 6.07) is 1.94. The molecule has 0 atom stereocenters. The molecule has 1 aromatic rings. The van der Waals surface area contributed by atoms with Crippen molar-refractivity contribution in [3.05, 3.63) is 46.1 Å². The Morgan fingerprint density at radius 2 is 2.17 bits per heavy atom. The number of allylic oxidation sites excluding steroid dienone is 1. The maximum absolute atomic E-state index is 12.1. The summed E-state index contributed by atoms with van der Waals surface area (Å²) in [7, 11) is 1.40. The minimum atomic E-state index is -0.323. The van der Waals surface area contributed by atoms with Gasteiger partial charge in [0.1, 0.15) is 5.75 Å². The number of carbonyl (C=O) groups excluding carboxylic acids is 1. The summed E-state index contributed by atoms with van der Waals surface area (Å²) in [5, 5.41) is 0.802. The maximum Gasteiger partial charge on any atom is 0.338 e. The van der Waals surface area contributed by atoms with E-state index >= 15 is 0 Å². The summed E-state index contributed by atoms with van der Waals surface area (Å²) in [5.74, 6) is 0.412. The lowest BCUT2D eigenvalue weighted by molar-refractivity contribution is 0.0599. The summed E-state index contributed by atoms with van der Waals surface area (Å²) in [4.78, 5) is 12.9. The fraction of sp³-hybridized carbons (Fsp3) is 0.421. The Kier molecular flexibility index (Phi) is 5.99. The van der Waals surface area contributed by atoms with E-state index in [0.717, 1.165) is 32.4 Å². The Hall–Kier alpha value is -1.88. The van der Waals surface area contributed by atoms with Gasteiger partial charge in [-0.2, -0.15) is 0 Å². The minimum absolute atomic E-state index is 0.0990. The number of benzene rings is 1. The molecule has 0 spiro atoms. The number of hydrogen-bond acceptors (Lipinski definition) is 5. The van der Waals surface area contributed by atoms with Gasteiger partial charge in [-0.3, -0.25) is 0 Å². The molecule has 0 amide bonds. The van der Waals surface area contributed by atoms with Crippen LogP contribution in [0.2, 0.25) is 0 Å². The van der Waals surface area contributed by atoms with Gasteiger partial charge in [0, 0.05) is 22.5 Å². The summed E-state index contributed by atoms with van der Waals surface area (Å²) < 4.78 is 16.5. The van der Waals surface area contributed by atoms with Gasteiger partial charge in [-0.1, -0.05) is 18.3 Å². The zero-order valence-corrected chi connectivity index (χ0v) is 15.7. The van der Waals surface area contributed by atoms with Crippen molar-refractivity contribution in [2.24, 2.45) is 0 Å². The second-order valence-electron chi connectivity index (χ2n) is 5.81. The molecule has 0 aliphatic carbocycles. The van der Waals surface area contributed by atoms with Crippen molar-refractivity contribution in [1.29, 1.82) is 0 Å². The highest BCUT2D eigenvalue weighted by atomic mass is 32.2. The van der Waals surface area contributed by atoms with Crippen molar-refractivity contribution < 1.29 is 19.0 Å². The molecule has 1 aliphatic heterocycles. The normalized spacial score (nSPS) is 13.5. The third kappa shape index (κ3) is 3.78. The first-order valence-corrected chi connectivity index (χ1v) is 8.78. The van der Waals surface area contributed by atoms with Gasteiger partial charge in [-0.05, 0) is 45.4 Å². The number of carbonyl (C=O) groups is 1. The Bertz CT molecular complexity index is 689. The van der Waals surface area contributed by atoms with Crippen LogP contribution in [0.1, 0.15) is 47.8 Å². The second kappa shape index (κ2) is 7.79. The van der Waals surface area contributed by atoms with E-state index in [4.69, 9.17) is 14.2 Å². The van der Waals surface area contributed by atoms with Gasteiger partial charge in [-0.15, -0.1) is 0 Å². The predicted octanol–water partition coefficient (Wildman–Crippen LogP) is 4.71. The summed E-state index contributed by atoms with van der Waals surface area (Å²) in [6.45, 7) is 12.6. The highest BCUT2D eigenvalue weighted by molar-refractivity contribution is 8.11. The molecule has 5 heteroatoms. The van der Waals surface area contributed by atoms with E-state index < -0.39 is 0 Å². The number of methoxy groups -OCH3 is 1. The number of esters is 1. The van der Waals surface area contributed by atoms with Crippen molar-refractivity contribution in [2.75, 3.05) is 13.7 Å². The SMILES string of the molecule is C=C(S/C(=C\C)OC(C)C)c1cc(C)c(C(=O)OC)c2c1OCC2. The number of fused-ring (bicyclic) bond motifs is 1. The van der Waals surface area contributed by atoms with Crippen LogP contribution < -0.4 is 4.74 Å². The van der Waals surface area contributed by atoms with E-state index in [9.17, 15) is 4.79 Å². The molecule has 1 heterocycles. The number of thioether (sulfide) groups is 1. The van der Waals surface area contributed by atoms with Crippen LogP contribution in [0.15, 0.2) is 23.8 Å². The topological polar surface area (TPSA) is 44.8 Å². The second-order valence-corrected chi connectivity index (χ2v) is 6.91. The van der Waals surface area contributed by atoms with E-state index in [2.05, 4.69) is 6.58 Å². The van der Waals surface area contributed by atoms with Crippen LogP contribution in [0.4, 0.5) is 0 Å². The van der Waals surface area contributed by atoms with Crippen LogP contribution in [0, 0.1) is 6.92 Å². The molecule has 0 bridgehead atoms. The maximum atomic E-state index is 12.1. The Balaban J connectivity index is 2.38. The number of aryl methyl sites for hydroxylation is 1. The highest BCUT2D eigenvalue weighted by Crippen LogP contribution is 2.43. The van der Waals surface area contributed by atoms with E-state index in [0.29, 0.717) is 18.6 Å². The first kappa shape index (κ1) is 18.5. The molecular formula is C19H24O4S. The predicted molar refractivity (Wildman–Crippen MR) is 98.3 cm³/mol. The lowest BCUT2D eigenvalue weighted by Gasteiger charge is -2.17. The standard InChI is InChI=1S/C19H24O4S/c1-7-16(23-11(2)3)24-13(5)15-10-12(4)17(19(20)21-6)14-8-9-22-18(14)15/h7,10-11H,5,8-9H2,1-4,6H3/b16-7-. The molecule has 0 saturated heterocycles. The van der Waals surface area contributed by atoms with Crippen LogP contribution in [0.5, 0.6) is 5.75 Å². The van der Waals surface area contributed by atoms with E-state index in [1.807, 2.05) is 39.8 Å². The molecule has 0 saturated carbocycles. The Morgan fingerprint density at radius 3 is 2.75 bits per heavy atom. The van der Waals surface area contributed by atoms with Crippen molar-refractivity contribution in [3.63, 3.8) is 0 Å². The minimum Gasteiger partial charge on any atom is -0.492 e. The van der Waals surface area contributed by atoms with Crippen molar-refractivity contribution >= 4 is 22.6 Å². The number of rotatable bonds is 6. The molecule has 1 aromatic carbocycles. The van der Waals surface area contributed by atoms with Crippen molar-refractivity contribution in [1.82, 2.24) is 0 Å². The van der Waals surface area contributed by atoms with E-state index in [-0.39, 0.29) is 12.1 Å². The average molecular weight is 348 g/mol. The lowest BCUT2D eigenvalue weighted by atomic mass is 9.96. The van der Waals surface area contributed by atoms with Gasteiger partial charge in [-0.25, -0.2) is 4.79 Å². The summed E-state index contributed by atoms with van der Waals surface area (Å²) >= 11 is 1.47. The van der Waals surface area contributed by atoms with E-state index in [1.165, 1.54) is 18.9 Å². The van der Waals surface area contributed by atoms with Crippen LogP contribution in [-0.4, -0.2) is 25.8 Å². The molecule has 4 nitrogen and oxygen atoms in total. The number of ether oxygens (including phenoxy) is 3. The van der Waals surface area contributed by atoms with Gasteiger partial charge in [0.15, 0.2) is 5.09 Å². The molecule has 1 aliphatic rings. The van der Waals surface area contributed by atoms with Gasteiger partial charge >= 0.3 is 5.97 Å². The van der Waals surface area contributed by atoms with Crippen LogP contribution >= 0.6 is 11.8 Å². The lowest BCUT2D eigenvalue weighted by Crippen LogP contribution is -2.08. The van der Waals surface area contributed by atoms with E-state index in [1.54, 1.807) is 0 Å². The van der Waals surface area contributed by atoms with Crippen LogP contribution in [0.25, 0.3) is 4.91 Å². The van der Waals surface area contributed by atoms with Gasteiger partial charge < -0.3 is 14.2 Å². The van der Waals surface area contributed by atoms with Gasteiger partial charge in [0.2, 0.25) is 0 Å². The molecule has 0 N–H and O–H groups in total. The molecule has 0 radical (unpaired) electrons. The molecule has 24 heavy (non-hydrogen) atoms. The zero-order chi connectivity index (χ0) is 17.9. The molecule has 0 aromatic heterocycles. The molecular weight excluding hydrogens is 324 g/mol. The third-order valence-corrected chi connectivity index (χ3v) is 4.67. The monoisotopic (exact) mass is 348 g/mol. The van der Waals surface area contributed by atoms with Crippen LogP contribution in [0.3, 0.4) is 0 Å². The van der Waals surface area contributed by atoms with Crippen molar-refractivity contribution in [3.8, 4) is 5.75 Å². The van der Waals surface area contributed by atoms with Gasteiger partial charge in [0.25, 0.3) is 0 Å². The first-order valence-electron chi connectivity index (χ1n) is 7.96. The smallest absolute Gasteiger partial charge is 0.338 e. The fourth-order valence-corrected chi connectivity index (χ4v) is 3.54. The van der Waals surface area contributed by atoms with Crippen LogP contribution in [-0.2, 0) is 15.9 Å². The van der Waals surface area contributed by atoms with Crippen molar-refractivity contribution in [2.45, 2.75) is 40.2 Å². The summed E-state index contributed by atoms with van der Waals surface area (Å²) in [6.07, 6.45) is 2.72. The van der Waals surface area contributed by atoms with Gasteiger partial charge in [0.05, 0.1) is 25.4 Å². The zero-order valence-electron chi connectivity index (χ0n) is 14.9. The Morgan fingerprint density at radius 1 is 1.46 bits per heavy atom. The summed E-state index contributed by atoms with van der Waals surface area (Å²) in [5.41, 5.74) is 3.29.